The molecule has 0 aliphatic rings. The van der Waals surface area contributed by atoms with Crippen molar-refractivity contribution in [3.63, 3.8) is 0 Å². The molecule has 1 aromatic carbocycles. The van der Waals surface area contributed by atoms with Gasteiger partial charge in [0.15, 0.2) is 13.4 Å². The summed E-state index contributed by atoms with van der Waals surface area (Å²) >= 11 is 1.57. The zero-order valence-corrected chi connectivity index (χ0v) is 18.6. The summed E-state index contributed by atoms with van der Waals surface area (Å²) in [5.41, 5.74) is 4.20. The maximum atomic E-state index is 5.80. The Bertz CT molecular complexity index is 566. The van der Waals surface area contributed by atoms with E-state index in [1.807, 2.05) is 24.5 Å². The Labute approximate surface area is 152 Å². The first-order chi connectivity index (χ1) is 11.1. The molecule has 8 heteroatoms. The molecule has 1 rings (SSSR count). The van der Waals surface area contributed by atoms with Gasteiger partial charge in [0, 0.05) is 0 Å². The number of thioether (sulfide) groups is 1. The van der Waals surface area contributed by atoms with E-state index in [2.05, 4.69) is 67.2 Å². The van der Waals surface area contributed by atoms with Gasteiger partial charge >= 0.3 is 0 Å². The molecule has 5 nitrogen and oxygen atoms in total. The van der Waals surface area contributed by atoms with Crippen LogP contribution in [-0.2, 0) is 11.1 Å². The first-order valence-corrected chi connectivity index (χ1v) is 16.1. The van der Waals surface area contributed by atoms with E-state index in [9.17, 15) is 0 Å². The first-order valence-electron chi connectivity index (χ1n) is 8.02. The predicted molar refractivity (Wildman–Crippen MR) is 113 cm³/mol. The molecule has 1 aromatic rings. The quantitative estimate of drug-likeness (QED) is 0.349. The molecule has 0 saturated heterocycles. The van der Waals surface area contributed by atoms with Gasteiger partial charge in [0.2, 0.25) is 14.3 Å². The summed E-state index contributed by atoms with van der Waals surface area (Å²) in [6, 6.07) is 10.2. The molecule has 0 unspecified atom stereocenters. The number of nitrogens with zero attached hydrogens (tertiary/aromatic N) is 2. The van der Waals surface area contributed by atoms with Crippen LogP contribution in [0, 0.1) is 0 Å². The summed E-state index contributed by atoms with van der Waals surface area (Å²) in [4.78, 5) is 4.65. The van der Waals surface area contributed by atoms with Crippen LogP contribution < -0.4 is 10.8 Å². The van der Waals surface area contributed by atoms with Crippen molar-refractivity contribution in [2.45, 2.75) is 45.8 Å². The summed E-state index contributed by atoms with van der Waals surface area (Å²) in [5.74, 6) is 0.651. The lowest BCUT2D eigenvalue weighted by Gasteiger charge is -2.22. The molecule has 0 radical (unpaired) electrons. The largest absolute Gasteiger partial charge is 0.320 e. The molecule has 0 aromatic heterocycles. The topological polar surface area (TPSA) is 58.0 Å². The van der Waals surface area contributed by atoms with Crippen molar-refractivity contribution in [2.75, 3.05) is 6.26 Å². The second-order valence-corrected chi connectivity index (χ2v) is 17.2. The summed E-state index contributed by atoms with van der Waals surface area (Å²) in [6.07, 6.45) is 2.00. The van der Waals surface area contributed by atoms with E-state index in [0.717, 1.165) is 5.17 Å². The number of guanidine groups is 1. The standard InChI is InChI=1S/C16H30N4OSSi2/c1-22-16(17-13-14-11-9-8-10-12-14)18-15(20-23(2,3)4)19-21-24(5,6)7/h8-12H,13H2,1-7H3,(H2,17,18,19,20). The maximum Gasteiger partial charge on any atom is 0.220 e. The monoisotopic (exact) mass is 382 g/mol. The lowest BCUT2D eigenvalue weighted by Crippen LogP contribution is -2.46. The van der Waals surface area contributed by atoms with Gasteiger partial charge in [-0.15, -0.1) is 0 Å². The minimum absolute atomic E-state index is 0.638. The van der Waals surface area contributed by atoms with Gasteiger partial charge < -0.3 is 9.84 Å². The molecule has 0 heterocycles. The minimum atomic E-state index is -1.69. The van der Waals surface area contributed by atoms with E-state index in [4.69, 9.17) is 9.18 Å². The van der Waals surface area contributed by atoms with E-state index in [-0.39, 0.29) is 0 Å². The van der Waals surface area contributed by atoms with Gasteiger partial charge in [-0.25, -0.2) is 5.48 Å². The molecule has 0 atom stereocenters. The Balaban J connectivity index is 2.83. The van der Waals surface area contributed by atoms with Crippen LogP contribution in [0.25, 0.3) is 0 Å². The molecule has 0 amide bonds. The summed E-state index contributed by atoms with van der Waals surface area (Å²) < 4.78 is 10.6. The van der Waals surface area contributed by atoms with E-state index in [1.165, 1.54) is 5.56 Å². The molecular formula is C16H30N4OSSi2. The third-order valence-corrected chi connectivity index (χ3v) is 4.79. The Morgan fingerprint density at radius 3 is 2.21 bits per heavy atom. The normalized spacial score (nSPS) is 13.8. The van der Waals surface area contributed by atoms with Gasteiger partial charge in [0.05, 0.1) is 6.54 Å². The number of nitrogens with one attached hydrogen (secondary N) is 2. The maximum absolute atomic E-state index is 5.80. The molecule has 134 valence electrons. The second-order valence-electron chi connectivity index (χ2n) is 7.38. The Hall–Kier alpha value is -1.10. The highest BCUT2D eigenvalue weighted by Gasteiger charge is 2.19. The summed E-state index contributed by atoms with van der Waals surface area (Å²) in [7, 11) is -3.34. The van der Waals surface area contributed by atoms with Crippen LogP contribution in [0.3, 0.4) is 0 Å². The fraction of sp³-hybridized carbons (Fsp3) is 0.500. The third-order valence-electron chi connectivity index (χ3n) is 2.57. The van der Waals surface area contributed by atoms with Crippen LogP contribution in [0.4, 0.5) is 0 Å². The summed E-state index contributed by atoms with van der Waals surface area (Å²) in [6.45, 7) is 13.6. The first kappa shape index (κ1) is 20.9. The molecule has 0 spiro atoms. The van der Waals surface area contributed by atoms with Crippen LogP contribution in [0.1, 0.15) is 5.56 Å². The van der Waals surface area contributed by atoms with E-state index >= 15 is 0 Å². The number of hydrogen-bond acceptors (Lipinski definition) is 4. The highest BCUT2D eigenvalue weighted by molar-refractivity contribution is 8.13. The number of aliphatic imine (C=N–C) groups is 1. The van der Waals surface area contributed by atoms with Crippen LogP contribution >= 0.6 is 11.8 Å². The van der Waals surface area contributed by atoms with Crippen molar-refractivity contribution < 1.29 is 4.53 Å². The fourth-order valence-electron chi connectivity index (χ4n) is 1.62. The molecule has 0 saturated carbocycles. The van der Waals surface area contributed by atoms with Crippen molar-refractivity contribution in [2.24, 2.45) is 9.65 Å². The molecule has 0 aliphatic heterocycles. The van der Waals surface area contributed by atoms with E-state index < -0.39 is 16.6 Å². The van der Waals surface area contributed by atoms with Gasteiger partial charge in [-0.05, 0) is 51.1 Å². The van der Waals surface area contributed by atoms with Crippen LogP contribution in [0.15, 0.2) is 40.0 Å². The number of hydrogen-bond donors (Lipinski definition) is 2. The van der Waals surface area contributed by atoms with Crippen molar-refractivity contribution >= 4 is 39.4 Å². The average molecular weight is 383 g/mol. The highest BCUT2D eigenvalue weighted by atomic mass is 32.2. The second kappa shape index (κ2) is 9.40. The third kappa shape index (κ3) is 9.91. The lowest BCUT2D eigenvalue weighted by atomic mass is 10.2. The number of hydroxylamine groups is 1. The molecule has 2 N–H and O–H groups in total. The van der Waals surface area contributed by atoms with Gasteiger partial charge in [-0.2, -0.15) is 0 Å². The predicted octanol–water partition coefficient (Wildman–Crippen LogP) is 4.04. The van der Waals surface area contributed by atoms with E-state index in [0.29, 0.717) is 12.5 Å². The Kier molecular flexibility index (Phi) is 8.21. The van der Waals surface area contributed by atoms with Crippen molar-refractivity contribution in [3.8, 4) is 0 Å². The number of rotatable bonds is 5. The zero-order valence-electron chi connectivity index (χ0n) is 15.8. The average Bonchev–Trinajstić information content (AvgIpc) is 2.47. The van der Waals surface area contributed by atoms with Crippen molar-refractivity contribution in [1.29, 1.82) is 0 Å². The summed E-state index contributed by atoms with van der Waals surface area (Å²) in [5, 5.41) is 4.11. The van der Waals surface area contributed by atoms with Gasteiger partial charge in [0.25, 0.3) is 0 Å². The fourth-order valence-corrected chi connectivity index (χ4v) is 3.18. The van der Waals surface area contributed by atoms with Crippen LogP contribution in [0.2, 0.25) is 39.3 Å². The Morgan fingerprint density at radius 2 is 1.71 bits per heavy atom. The lowest BCUT2D eigenvalue weighted by molar-refractivity contribution is 0.251. The van der Waals surface area contributed by atoms with Gasteiger partial charge in [-0.1, -0.05) is 42.1 Å². The van der Waals surface area contributed by atoms with Gasteiger partial charge in [-0.3, -0.25) is 9.65 Å². The van der Waals surface area contributed by atoms with Crippen molar-refractivity contribution in [1.82, 2.24) is 10.8 Å². The van der Waals surface area contributed by atoms with Gasteiger partial charge in [0.1, 0.15) is 0 Å². The van der Waals surface area contributed by atoms with Crippen molar-refractivity contribution in [3.05, 3.63) is 35.9 Å². The number of amidine groups is 1. The zero-order chi connectivity index (χ0) is 18.2. The molecule has 0 aliphatic carbocycles. The SMILES string of the molecule is CSC(=NCc1ccccc1)N/C(=N/[Si](C)(C)C)NO[Si](C)(C)C. The van der Waals surface area contributed by atoms with E-state index in [1.54, 1.807) is 11.8 Å². The smallest absolute Gasteiger partial charge is 0.220 e. The van der Waals surface area contributed by atoms with Crippen LogP contribution in [-0.4, -0.2) is 33.9 Å². The van der Waals surface area contributed by atoms with Crippen LogP contribution in [0.5, 0.6) is 0 Å². The minimum Gasteiger partial charge on any atom is -0.320 e. The molecule has 24 heavy (non-hydrogen) atoms. The Morgan fingerprint density at radius 1 is 1.08 bits per heavy atom. The molecule has 0 bridgehead atoms. The number of benzene rings is 1. The highest BCUT2D eigenvalue weighted by Crippen LogP contribution is 2.06. The molecule has 0 fully saturated rings. The molecular weight excluding hydrogens is 352 g/mol.